The second-order valence-corrected chi connectivity index (χ2v) is 6.67. The van der Waals surface area contributed by atoms with E-state index in [-0.39, 0.29) is 5.41 Å². The van der Waals surface area contributed by atoms with Crippen molar-refractivity contribution in [3.05, 3.63) is 20.9 Å². The zero-order chi connectivity index (χ0) is 13.5. The number of Topliss-reactive ketones (excluding diaryl/α,β-unsaturated/α-hetero) is 1. The normalized spacial score (nSPS) is 18.9. The van der Waals surface area contributed by atoms with Crippen molar-refractivity contribution < 1.29 is 4.79 Å². The van der Waals surface area contributed by atoms with Crippen molar-refractivity contribution in [2.45, 2.75) is 66.2 Å². The van der Waals surface area contributed by atoms with Gasteiger partial charge in [-0.15, -0.1) is 11.3 Å². The maximum absolute atomic E-state index is 12.4. The highest BCUT2D eigenvalue weighted by molar-refractivity contribution is 7.12. The molecule has 0 aromatic carbocycles. The van der Waals surface area contributed by atoms with E-state index in [1.807, 2.05) is 25.2 Å². The van der Waals surface area contributed by atoms with Crippen molar-refractivity contribution in [2.75, 3.05) is 0 Å². The highest BCUT2D eigenvalue weighted by Crippen LogP contribution is 2.58. The molecule has 2 aliphatic carbocycles. The Balaban J connectivity index is 0.000000574. The summed E-state index contributed by atoms with van der Waals surface area (Å²) in [5.74, 6) is 1.04. The van der Waals surface area contributed by atoms with Gasteiger partial charge in [0.2, 0.25) is 0 Å². The summed E-state index contributed by atoms with van der Waals surface area (Å²) in [6, 6.07) is 0. The molecule has 1 spiro atoms. The summed E-state index contributed by atoms with van der Waals surface area (Å²) in [5.41, 5.74) is 2.62. The standard InChI is InChI=1S/C14H18OS.C2H6/c1-4-10-11-9(12(16-10)8(2)3)7-14(5-6-14)13(11)15;1-2/h8H,4-7H2,1-3H3;1-2H3. The molecule has 0 unspecified atom stereocenters. The van der Waals surface area contributed by atoms with Gasteiger partial charge in [0.1, 0.15) is 0 Å². The molecule has 0 amide bonds. The number of hydrogen-bond acceptors (Lipinski definition) is 2. The molecule has 0 saturated heterocycles. The fourth-order valence-corrected chi connectivity index (χ4v) is 4.19. The molecule has 18 heavy (non-hydrogen) atoms. The van der Waals surface area contributed by atoms with E-state index in [1.54, 1.807) is 0 Å². The van der Waals surface area contributed by atoms with Gasteiger partial charge in [0.05, 0.1) is 0 Å². The highest BCUT2D eigenvalue weighted by Gasteiger charge is 2.56. The monoisotopic (exact) mass is 264 g/mol. The van der Waals surface area contributed by atoms with Crippen LogP contribution in [0.3, 0.4) is 0 Å². The molecule has 1 fully saturated rings. The van der Waals surface area contributed by atoms with Crippen LogP contribution in [0.15, 0.2) is 0 Å². The van der Waals surface area contributed by atoms with Crippen molar-refractivity contribution in [1.29, 1.82) is 0 Å². The van der Waals surface area contributed by atoms with Crippen molar-refractivity contribution in [1.82, 2.24) is 0 Å². The third-order valence-corrected chi connectivity index (χ3v) is 5.71. The molecule has 0 aliphatic heterocycles. The van der Waals surface area contributed by atoms with E-state index in [0.717, 1.165) is 31.2 Å². The van der Waals surface area contributed by atoms with Crippen LogP contribution in [0.25, 0.3) is 0 Å². The summed E-state index contributed by atoms with van der Waals surface area (Å²) in [6.45, 7) is 10.7. The molecule has 0 atom stereocenters. The molecule has 2 aliphatic rings. The van der Waals surface area contributed by atoms with Crippen LogP contribution in [0.4, 0.5) is 0 Å². The minimum atomic E-state index is 0.0756. The summed E-state index contributed by atoms with van der Waals surface area (Å²) in [7, 11) is 0. The average Bonchev–Trinajstić information content (AvgIpc) is 2.97. The van der Waals surface area contributed by atoms with Crippen LogP contribution in [0.1, 0.15) is 79.1 Å². The van der Waals surface area contributed by atoms with E-state index in [2.05, 4.69) is 20.8 Å². The Morgan fingerprint density at radius 3 is 2.33 bits per heavy atom. The summed E-state index contributed by atoms with van der Waals surface area (Å²) >= 11 is 1.88. The van der Waals surface area contributed by atoms with E-state index in [4.69, 9.17) is 0 Å². The van der Waals surface area contributed by atoms with E-state index in [0.29, 0.717) is 11.7 Å². The average molecular weight is 264 g/mol. The predicted molar refractivity (Wildman–Crippen MR) is 78.8 cm³/mol. The minimum absolute atomic E-state index is 0.0756. The lowest BCUT2D eigenvalue weighted by Gasteiger charge is -2.06. The number of hydrogen-bond donors (Lipinski definition) is 0. The molecule has 0 radical (unpaired) electrons. The van der Waals surface area contributed by atoms with Gasteiger partial charge in [0, 0.05) is 20.7 Å². The topological polar surface area (TPSA) is 17.1 Å². The number of aryl methyl sites for hydroxylation is 1. The van der Waals surface area contributed by atoms with Crippen LogP contribution in [-0.4, -0.2) is 5.78 Å². The van der Waals surface area contributed by atoms with Crippen LogP contribution in [0.2, 0.25) is 0 Å². The largest absolute Gasteiger partial charge is 0.293 e. The van der Waals surface area contributed by atoms with Gasteiger partial charge in [-0.25, -0.2) is 0 Å². The number of thiophene rings is 1. The molecule has 0 N–H and O–H groups in total. The molecule has 3 rings (SSSR count). The van der Waals surface area contributed by atoms with Crippen molar-refractivity contribution >= 4 is 17.1 Å². The summed E-state index contributed by atoms with van der Waals surface area (Å²) in [6.07, 6.45) is 4.32. The van der Waals surface area contributed by atoms with E-state index >= 15 is 0 Å². The Kier molecular flexibility index (Phi) is 3.68. The molecular formula is C16H24OS. The number of ketones is 1. The van der Waals surface area contributed by atoms with Crippen LogP contribution < -0.4 is 0 Å². The lowest BCUT2D eigenvalue weighted by Crippen LogP contribution is -2.10. The minimum Gasteiger partial charge on any atom is -0.293 e. The van der Waals surface area contributed by atoms with Crippen LogP contribution >= 0.6 is 11.3 Å². The SMILES string of the molecule is CC.CCc1sc(C(C)C)c2c1C(=O)C1(CC1)C2. The van der Waals surface area contributed by atoms with Crippen LogP contribution in [0, 0.1) is 5.41 Å². The second-order valence-electron chi connectivity index (χ2n) is 5.54. The number of carbonyl (C=O) groups excluding carboxylic acids is 1. The van der Waals surface area contributed by atoms with E-state index in [1.165, 1.54) is 15.3 Å². The Morgan fingerprint density at radius 2 is 1.89 bits per heavy atom. The molecule has 0 bridgehead atoms. The van der Waals surface area contributed by atoms with Crippen LogP contribution in [0.5, 0.6) is 0 Å². The van der Waals surface area contributed by atoms with Gasteiger partial charge in [-0.2, -0.15) is 0 Å². The van der Waals surface area contributed by atoms with Gasteiger partial charge < -0.3 is 0 Å². The number of carbonyl (C=O) groups is 1. The zero-order valence-corrected chi connectivity index (χ0v) is 13.0. The first-order chi connectivity index (χ1) is 8.59. The molecule has 100 valence electrons. The quantitative estimate of drug-likeness (QED) is 0.736. The maximum atomic E-state index is 12.4. The van der Waals surface area contributed by atoms with E-state index < -0.39 is 0 Å². The third-order valence-electron chi connectivity index (χ3n) is 4.03. The van der Waals surface area contributed by atoms with Gasteiger partial charge >= 0.3 is 0 Å². The summed E-state index contributed by atoms with van der Waals surface area (Å²) in [5, 5.41) is 0. The van der Waals surface area contributed by atoms with Crippen molar-refractivity contribution in [3.8, 4) is 0 Å². The molecule has 1 nitrogen and oxygen atoms in total. The lowest BCUT2D eigenvalue weighted by molar-refractivity contribution is 0.0918. The number of fused-ring (bicyclic) bond motifs is 1. The third kappa shape index (κ3) is 1.85. The molecule has 2 heteroatoms. The molecule has 1 aromatic rings. The Bertz CT molecular complexity index is 464. The van der Waals surface area contributed by atoms with Crippen molar-refractivity contribution in [2.24, 2.45) is 5.41 Å². The fourth-order valence-electron chi connectivity index (χ4n) is 2.93. The Morgan fingerprint density at radius 1 is 1.28 bits per heavy atom. The van der Waals surface area contributed by atoms with Crippen molar-refractivity contribution in [3.63, 3.8) is 0 Å². The first-order valence-corrected chi connectivity index (χ1v) is 8.10. The van der Waals surface area contributed by atoms with Gasteiger partial charge in [0.15, 0.2) is 5.78 Å². The first-order valence-electron chi connectivity index (χ1n) is 7.28. The lowest BCUT2D eigenvalue weighted by atomic mass is 10.0. The fraction of sp³-hybridized carbons (Fsp3) is 0.688. The summed E-state index contributed by atoms with van der Waals surface area (Å²) < 4.78 is 0. The van der Waals surface area contributed by atoms with Gasteiger partial charge in [-0.3, -0.25) is 4.79 Å². The van der Waals surface area contributed by atoms with Gasteiger partial charge in [0.25, 0.3) is 0 Å². The Labute approximate surface area is 115 Å². The number of rotatable bonds is 2. The highest BCUT2D eigenvalue weighted by atomic mass is 32.1. The maximum Gasteiger partial charge on any atom is 0.170 e. The zero-order valence-electron chi connectivity index (χ0n) is 12.2. The second kappa shape index (κ2) is 4.80. The van der Waals surface area contributed by atoms with Crippen LogP contribution in [-0.2, 0) is 12.8 Å². The smallest absolute Gasteiger partial charge is 0.170 e. The summed E-state index contributed by atoms with van der Waals surface area (Å²) in [4.78, 5) is 15.2. The molecule has 1 aromatic heterocycles. The molecular weight excluding hydrogens is 240 g/mol. The predicted octanol–water partition coefficient (Wildman–Crippen LogP) is 4.98. The molecule has 1 saturated carbocycles. The first kappa shape index (κ1) is 13.8. The van der Waals surface area contributed by atoms with Gasteiger partial charge in [-0.05, 0) is 37.2 Å². The Hall–Kier alpha value is -0.630. The van der Waals surface area contributed by atoms with Gasteiger partial charge in [-0.1, -0.05) is 34.6 Å². The van der Waals surface area contributed by atoms with E-state index in [9.17, 15) is 4.79 Å². The molecule has 1 heterocycles.